The minimum absolute atomic E-state index is 0.0383. The predicted molar refractivity (Wildman–Crippen MR) is 136 cm³/mol. The second-order valence-electron chi connectivity index (χ2n) is 10.7. The van der Waals surface area contributed by atoms with Gasteiger partial charge in [-0.15, -0.1) is 13.2 Å². The van der Waals surface area contributed by atoms with Crippen molar-refractivity contribution in [2.75, 3.05) is 44.3 Å². The molecule has 3 aliphatic heterocycles. The quantitative estimate of drug-likeness (QED) is 0.512. The number of halogens is 5. The maximum atomic E-state index is 14.5. The summed E-state index contributed by atoms with van der Waals surface area (Å²) in [5, 5.41) is 5.52. The molecular formula is C26H31ClF4N4O5. The minimum Gasteiger partial charge on any atom is -0.403 e. The van der Waals surface area contributed by atoms with Gasteiger partial charge in [0.15, 0.2) is 5.75 Å². The number of ether oxygens (including phenoxy) is 2. The number of fused-ring (bicyclic) bond motifs is 1. The molecule has 1 aromatic rings. The molecule has 4 aliphatic rings. The van der Waals surface area contributed by atoms with Gasteiger partial charge in [0.25, 0.3) is 5.91 Å². The van der Waals surface area contributed by atoms with Crippen molar-refractivity contribution in [2.45, 2.75) is 56.7 Å². The zero-order chi connectivity index (χ0) is 28.6. The highest BCUT2D eigenvalue weighted by atomic mass is 35.5. The van der Waals surface area contributed by atoms with E-state index in [0.29, 0.717) is 38.9 Å². The Morgan fingerprint density at radius 1 is 1.12 bits per heavy atom. The third kappa shape index (κ3) is 6.24. The first-order valence-electron chi connectivity index (χ1n) is 13.4. The Balaban J connectivity index is 1.36. The molecule has 5 atom stereocenters. The standard InChI is InChI=1S/C26H31ClF4N4O5/c27-14-10-18(25(38)34-6-8-39-9-7-34)23(20(11-14)40-26(29,30)31)35-5-4-15(13-35)32-24(37)17-12-21(36)33-22-16(17)2-1-3-19(22)28/h10-11,15-17,19,22H,1-9,12-13H2,(H,32,37)(H,33,36)/t15-,16?,17?,19?,22?/m1/s1. The Hall–Kier alpha value is -2.80. The first kappa shape index (κ1) is 28.7. The van der Waals surface area contributed by atoms with Crippen LogP contribution in [0.4, 0.5) is 23.2 Å². The van der Waals surface area contributed by atoms with E-state index >= 15 is 0 Å². The van der Waals surface area contributed by atoms with Gasteiger partial charge in [0.05, 0.1) is 36.4 Å². The molecule has 3 amide bonds. The summed E-state index contributed by atoms with van der Waals surface area (Å²) < 4.78 is 64.2. The summed E-state index contributed by atoms with van der Waals surface area (Å²) in [6, 6.07) is 1.17. The second-order valence-corrected chi connectivity index (χ2v) is 11.1. The van der Waals surface area contributed by atoms with Crippen molar-refractivity contribution < 1.29 is 41.4 Å². The van der Waals surface area contributed by atoms with E-state index in [1.54, 1.807) is 4.90 Å². The molecule has 220 valence electrons. The smallest absolute Gasteiger partial charge is 0.403 e. The van der Waals surface area contributed by atoms with E-state index in [0.717, 1.165) is 6.07 Å². The molecule has 3 heterocycles. The monoisotopic (exact) mass is 590 g/mol. The summed E-state index contributed by atoms with van der Waals surface area (Å²) >= 11 is 6.12. The number of nitrogens with zero attached hydrogens (tertiary/aromatic N) is 2. The van der Waals surface area contributed by atoms with Crippen LogP contribution in [0.1, 0.15) is 42.5 Å². The van der Waals surface area contributed by atoms with E-state index in [2.05, 4.69) is 15.4 Å². The van der Waals surface area contributed by atoms with Crippen LogP contribution in [0.5, 0.6) is 5.75 Å². The van der Waals surface area contributed by atoms with Crippen LogP contribution in [0, 0.1) is 11.8 Å². The number of hydrogen-bond donors (Lipinski definition) is 2. The highest BCUT2D eigenvalue weighted by Gasteiger charge is 2.46. The molecule has 4 unspecified atom stereocenters. The second kappa shape index (κ2) is 11.6. The maximum absolute atomic E-state index is 14.5. The number of hydrogen-bond acceptors (Lipinski definition) is 6. The lowest BCUT2D eigenvalue weighted by molar-refractivity contribution is -0.274. The molecule has 14 heteroatoms. The van der Waals surface area contributed by atoms with Gasteiger partial charge in [-0.1, -0.05) is 18.0 Å². The highest BCUT2D eigenvalue weighted by Crippen LogP contribution is 2.41. The van der Waals surface area contributed by atoms with Crippen molar-refractivity contribution >= 4 is 35.0 Å². The molecule has 3 saturated heterocycles. The molecule has 0 aromatic heterocycles. The number of alkyl halides is 4. The summed E-state index contributed by atoms with van der Waals surface area (Å²) in [7, 11) is 0. The van der Waals surface area contributed by atoms with E-state index < -0.39 is 42.2 Å². The Morgan fingerprint density at radius 2 is 1.88 bits per heavy atom. The van der Waals surface area contributed by atoms with E-state index in [4.69, 9.17) is 16.3 Å². The fraction of sp³-hybridized carbons (Fsp3) is 0.654. The fourth-order valence-corrected chi connectivity index (χ4v) is 6.51. The summed E-state index contributed by atoms with van der Waals surface area (Å²) in [6.07, 6.45) is -4.33. The van der Waals surface area contributed by atoms with Crippen molar-refractivity contribution in [3.8, 4) is 5.75 Å². The molecule has 2 N–H and O–H groups in total. The van der Waals surface area contributed by atoms with Crippen LogP contribution < -0.4 is 20.3 Å². The van der Waals surface area contributed by atoms with Gasteiger partial charge in [-0.05, 0) is 31.2 Å². The van der Waals surface area contributed by atoms with Crippen molar-refractivity contribution in [1.82, 2.24) is 15.5 Å². The number of rotatable bonds is 5. The van der Waals surface area contributed by atoms with E-state index in [1.807, 2.05) is 0 Å². The average Bonchev–Trinajstić information content (AvgIpc) is 3.35. The van der Waals surface area contributed by atoms with E-state index in [9.17, 15) is 31.9 Å². The molecule has 40 heavy (non-hydrogen) atoms. The van der Waals surface area contributed by atoms with Gasteiger partial charge in [-0.25, -0.2) is 4.39 Å². The van der Waals surface area contributed by atoms with Crippen LogP contribution in [0.25, 0.3) is 0 Å². The van der Waals surface area contributed by atoms with Crippen LogP contribution in [0.2, 0.25) is 5.02 Å². The number of piperidine rings is 1. The molecule has 1 aromatic carbocycles. The topological polar surface area (TPSA) is 100 Å². The van der Waals surface area contributed by atoms with Crippen molar-refractivity contribution in [2.24, 2.45) is 11.8 Å². The van der Waals surface area contributed by atoms with Gasteiger partial charge in [-0.3, -0.25) is 14.4 Å². The van der Waals surface area contributed by atoms with Gasteiger partial charge in [0.1, 0.15) is 6.17 Å². The zero-order valence-electron chi connectivity index (χ0n) is 21.6. The summed E-state index contributed by atoms with van der Waals surface area (Å²) in [4.78, 5) is 42.0. The van der Waals surface area contributed by atoms with Crippen LogP contribution in [0.15, 0.2) is 12.1 Å². The molecule has 0 bridgehead atoms. The van der Waals surface area contributed by atoms with Crippen LogP contribution in [-0.4, -0.2) is 86.6 Å². The third-order valence-corrected chi connectivity index (χ3v) is 8.32. The number of anilines is 1. The van der Waals surface area contributed by atoms with Crippen molar-refractivity contribution in [1.29, 1.82) is 0 Å². The number of carbonyl (C=O) groups is 3. The van der Waals surface area contributed by atoms with E-state index in [-0.39, 0.29) is 66.6 Å². The zero-order valence-corrected chi connectivity index (χ0v) is 22.4. The Labute approximate surface area is 233 Å². The highest BCUT2D eigenvalue weighted by molar-refractivity contribution is 6.31. The van der Waals surface area contributed by atoms with Crippen LogP contribution in [0.3, 0.4) is 0 Å². The number of carbonyl (C=O) groups excluding carboxylic acids is 3. The summed E-state index contributed by atoms with van der Waals surface area (Å²) in [5.41, 5.74) is -0.0942. The normalized spacial score (nSPS) is 29.0. The lowest BCUT2D eigenvalue weighted by atomic mass is 9.71. The molecule has 0 radical (unpaired) electrons. The fourth-order valence-electron chi connectivity index (χ4n) is 6.30. The van der Waals surface area contributed by atoms with Gasteiger partial charge in [0, 0.05) is 49.7 Å². The largest absolute Gasteiger partial charge is 0.573 e. The molecule has 9 nitrogen and oxygen atoms in total. The third-order valence-electron chi connectivity index (χ3n) is 8.10. The average molecular weight is 591 g/mol. The molecule has 1 aliphatic carbocycles. The van der Waals surface area contributed by atoms with Crippen molar-refractivity contribution in [3.05, 3.63) is 22.7 Å². The van der Waals surface area contributed by atoms with Crippen LogP contribution in [-0.2, 0) is 14.3 Å². The molecule has 4 fully saturated rings. The van der Waals surface area contributed by atoms with Gasteiger partial charge >= 0.3 is 6.36 Å². The molecule has 0 spiro atoms. The number of nitrogens with one attached hydrogen (secondary N) is 2. The SMILES string of the molecule is O=C1CC(C(=O)N[C@@H]2CCN(c3c(OC(F)(F)F)cc(Cl)cc3C(=O)N3CCOCC3)C2)C2CCCC(F)C2N1. The first-order valence-corrected chi connectivity index (χ1v) is 13.8. The lowest BCUT2D eigenvalue weighted by Gasteiger charge is -2.42. The summed E-state index contributed by atoms with van der Waals surface area (Å²) in [6.45, 7) is 1.48. The predicted octanol–water partition coefficient (Wildman–Crippen LogP) is 3.05. The number of benzene rings is 1. The summed E-state index contributed by atoms with van der Waals surface area (Å²) in [5.74, 6) is -2.87. The van der Waals surface area contributed by atoms with Crippen molar-refractivity contribution in [3.63, 3.8) is 0 Å². The Bertz CT molecular complexity index is 1150. The minimum atomic E-state index is -5.03. The number of amides is 3. The first-order chi connectivity index (χ1) is 19.0. The van der Waals surface area contributed by atoms with Crippen LogP contribution >= 0.6 is 11.6 Å². The van der Waals surface area contributed by atoms with E-state index in [1.165, 1.54) is 11.0 Å². The number of morpholine rings is 1. The Morgan fingerprint density at radius 3 is 2.60 bits per heavy atom. The molecular weight excluding hydrogens is 560 g/mol. The molecule has 1 saturated carbocycles. The Kier molecular flexibility index (Phi) is 8.32. The van der Waals surface area contributed by atoms with Gasteiger partial charge in [-0.2, -0.15) is 0 Å². The lowest BCUT2D eigenvalue weighted by Crippen LogP contribution is -2.59. The van der Waals surface area contributed by atoms with Gasteiger partial charge in [0.2, 0.25) is 11.8 Å². The maximum Gasteiger partial charge on any atom is 0.573 e. The van der Waals surface area contributed by atoms with Gasteiger partial charge < -0.3 is 29.9 Å². The molecule has 5 rings (SSSR count).